The van der Waals surface area contributed by atoms with Gasteiger partial charge in [-0.25, -0.2) is 0 Å². The summed E-state index contributed by atoms with van der Waals surface area (Å²) in [5.74, 6) is 0.483. The molecule has 6 nitrogen and oxygen atoms in total. The lowest BCUT2D eigenvalue weighted by atomic mass is 10.3. The molecule has 0 amide bonds. The van der Waals surface area contributed by atoms with Crippen LogP contribution in [-0.4, -0.2) is 34.7 Å². The average Bonchev–Trinajstić information content (AvgIpc) is 2.35. The quantitative estimate of drug-likeness (QED) is 0.784. The summed E-state index contributed by atoms with van der Waals surface area (Å²) in [6.45, 7) is 6.88. The minimum Gasteiger partial charge on any atom is -0.467 e. The van der Waals surface area contributed by atoms with Gasteiger partial charge < -0.3 is 14.8 Å². The zero-order valence-corrected chi connectivity index (χ0v) is 10.9. The topological polar surface area (TPSA) is 69.2 Å². The molecule has 1 unspecified atom stereocenters. The third kappa shape index (κ3) is 4.42. The SMILES string of the molecule is CCCNc1nc(OC)nc(OC(C)CC)n1. The maximum absolute atomic E-state index is 5.54. The molecular weight excluding hydrogens is 220 g/mol. The number of rotatable bonds is 7. The van der Waals surface area contributed by atoms with E-state index >= 15 is 0 Å². The summed E-state index contributed by atoms with van der Waals surface area (Å²) in [4.78, 5) is 12.3. The fourth-order valence-electron chi connectivity index (χ4n) is 1.06. The summed E-state index contributed by atoms with van der Waals surface area (Å²) in [7, 11) is 1.52. The zero-order chi connectivity index (χ0) is 12.7. The Hall–Kier alpha value is -1.59. The van der Waals surface area contributed by atoms with Crippen LogP contribution in [0.1, 0.15) is 33.6 Å². The summed E-state index contributed by atoms with van der Waals surface area (Å²) < 4.78 is 10.6. The van der Waals surface area contributed by atoms with Crippen LogP contribution in [0.25, 0.3) is 0 Å². The van der Waals surface area contributed by atoms with Gasteiger partial charge in [-0.15, -0.1) is 4.98 Å². The van der Waals surface area contributed by atoms with Gasteiger partial charge in [0.05, 0.1) is 13.2 Å². The van der Waals surface area contributed by atoms with Gasteiger partial charge in [-0.05, 0) is 19.8 Å². The van der Waals surface area contributed by atoms with Crippen LogP contribution in [-0.2, 0) is 0 Å². The Morgan fingerprint density at radius 1 is 1.18 bits per heavy atom. The molecule has 0 spiro atoms. The molecule has 0 aliphatic heterocycles. The van der Waals surface area contributed by atoms with Crippen molar-refractivity contribution < 1.29 is 9.47 Å². The van der Waals surface area contributed by atoms with Gasteiger partial charge in [0.15, 0.2) is 0 Å². The normalized spacial score (nSPS) is 12.0. The highest BCUT2D eigenvalue weighted by molar-refractivity contribution is 5.27. The molecule has 1 aromatic rings. The van der Waals surface area contributed by atoms with Crippen molar-refractivity contribution in [2.45, 2.75) is 39.7 Å². The van der Waals surface area contributed by atoms with Gasteiger partial charge in [-0.2, -0.15) is 9.97 Å². The largest absolute Gasteiger partial charge is 0.467 e. The van der Waals surface area contributed by atoms with Crippen LogP contribution in [0.3, 0.4) is 0 Å². The standard InChI is InChI=1S/C11H20N4O2/c1-5-7-12-9-13-10(16-4)15-11(14-9)17-8(3)6-2/h8H,5-7H2,1-4H3,(H,12,13,14,15). The first-order valence-electron chi connectivity index (χ1n) is 5.90. The summed E-state index contributed by atoms with van der Waals surface area (Å²) >= 11 is 0. The highest BCUT2D eigenvalue weighted by Gasteiger charge is 2.09. The van der Waals surface area contributed by atoms with E-state index in [0.717, 1.165) is 19.4 Å². The lowest BCUT2D eigenvalue weighted by molar-refractivity contribution is 0.195. The molecule has 6 heteroatoms. The van der Waals surface area contributed by atoms with E-state index in [1.165, 1.54) is 7.11 Å². The Morgan fingerprint density at radius 3 is 2.47 bits per heavy atom. The number of aromatic nitrogens is 3. The highest BCUT2D eigenvalue weighted by atomic mass is 16.5. The van der Waals surface area contributed by atoms with E-state index in [1.54, 1.807) is 0 Å². The van der Waals surface area contributed by atoms with Crippen LogP contribution in [0.2, 0.25) is 0 Å². The second kappa shape index (κ2) is 6.88. The number of hydrogen-bond acceptors (Lipinski definition) is 6. The van der Waals surface area contributed by atoms with Gasteiger partial charge in [-0.3, -0.25) is 0 Å². The molecule has 1 heterocycles. The molecule has 96 valence electrons. The van der Waals surface area contributed by atoms with Gasteiger partial charge in [0.1, 0.15) is 0 Å². The van der Waals surface area contributed by atoms with Crippen molar-refractivity contribution in [3.63, 3.8) is 0 Å². The average molecular weight is 240 g/mol. The van der Waals surface area contributed by atoms with Crippen LogP contribution in [0.5, 0.6) is 12.0 Å². The molecule has 1 aromatic heterocycles. The van der Waals surface area contributed by atoms with Crippen molar-refractivity contribution in [2.75, 3.05) is 19.0 Å². The highest BCUT2D eigenvalue weighted by Crippen LogP contribution is 2.14. The third-order valence-corrected chi connectivity index (χ3v) is 2.19. The number of nitrogens with one attached hydrogen (secondary N) is 1. The predicted molar refractivity (Wildman–Crippen MR) is 65.5 cm³/mol. The first kappa shape index (κ1) is 13.5. The Labute approximate surface area is 102 Å². The van der Waals surface area contributed by atoms with Crippen molar-refractivity contribution >= 4 is 5.95 Å². The van der Waals surface area contributed by atoms with Gasteiger partial charge >= 0.3 is 12.0 Å². The van der Waals surface area contributed by atoms with Gasteiger partial charge in [0, 0.05) is 6.54 Å². The molecule has 1 N–H and O–H groups in total. The first-order chi connectivity index (χ1) is 8.19. The monoisotopic (exact) mass is 240 g/mol. The van der Waals surface area contributed by atoms with Crippen LogP contribution in [0.15, 0.2) is 0 Å². The van der Waals surface area contributed by atoms with Crippen molar-refractivity contribution in [3.8, 4) is 12.0 Å². The minimum atomic E-state index is 0.0705. The molecule has 1 rings (SSSR count). The van der Waals surface area contributed by atoms with Crippen LogP contribution in [0, 0.1) is 0 Å². The van der Waals surface area contributed by atoms with Crippen molar-refractivity contribution in [2.24, 2.45) is 0 Å². The molecule has 0 aliphatic carbocycles. The van der Waals surface area contributed by atoms with Crippen molar-refractivity contribution in [1.82, 2.24) is 15.0 Å². The van der Waals surface area contributed by atoms with E-state index in [9.17, 15) is 0 Å². The number of methoxy groups -OCH3 is 1. The fourth-order valence-corrected chi connectivity index (χ4v) is 1.06. The molecule has 0 saturated carbocycles. The van der Waals surface area contributed by atoms with E-state index in [0.29, 0.717) is 12.0 Å². The van der Waals surface area contributed by atoms with Crippen LogP contribution < -0.4 is 14.8 Å². The summed E-state index contributed by atoms with van der Waals surface area (Å²) in [6, 6.07) is 0.557. The Bertz CT molecular complexity index is 346. The second-order valence-corrected chi connectivity index (χ2v) is 3.69. The molecule has 0 saturated heterocycles. The van der Waals surface area contributed by atoms with Gasteiger partial charge in [0.25, 0.3) is 0 Å². The van der Waals surface area contributed by atoms with E-state index < -0.39 is 0 Å². The zero-order valence-electron chi connectivity index (χ0n) is 10.9. The molecule has 17 heavy (non-hydrogen) atoms. The third-order valence-electron chi connectivity index (χ3n) is 2.19. The van der Waals surface area contributed by atoms with E-state index in [1.807, 2.05) is 13.8 Å². The first-order valence-corrected chi connectivity index (χ1v) is 5.90. The summed E-state index contributed by atoms with van der Waals surface area (Å²) in [6.07, 6.45) is 1.96. The smallest absolute Gasteiger partial charge is 0.324 e. The summed E-state index contributed by atoms with van der Waals surface area (Å²) in [5.41, 5.74) is 0. The van der Waals surface area contributed by atoms with Crippen molar-refractivity contribution in [1.29, 1.82) is 0 Å². The van der Waals surface area contributed by atoms with Crippen molar-refractivity contribution in [3.05, 3.63) is 0 Å². The maximum atomic E-state index is 5.54. The maximum Gasteiger partial charge on any atom is 0.324 e. The number of nitrogens with zero attached hydrogens (tertiary/aromatic N) is 3. The predicted octanol–water partition coefficient (Wildman–Crippen LogP) is 1.88. The molecule has 1 atom stereocenters. The van der Waals surface area contributed by atoms with E-state index in [2.05, 4.69) is 27.2 Å². The van der Waals surface area contributed by atoms with Crippen LogP contribution >= 0.6 is 0 Å². The molecular formula is C11H20N4O2. The lowest BCUT2D eigenvalue weighted by Crippen LogP contribution is -2.14. The Kier molecular flexibility index (Phi) is 5.45. The minimum absolute atomic E-state index is 0.0705. The van der Waals surface area contributed by atoms with E-state index in [4.69, 9.17) is 9.47 Å². The van der Waals surface area contributed by atoms with Crippen LogP contribution in [0.4, 0.5) is 5.95 Å². The van der Waals surface area contributed by atoms with Gasteiger partial charge in [-0.1, -0.05) is 13.8 Å². The Balaban J connectivity index is 2.80. The number of anilines is 1. The molecule has 0 radical (unpaired) electrons. The Morgan fingerprint density at radius 2 is 1.88 bits per heavy atom. The van der Waals surface area contributed by atoms with E-state index in [-0.39, 0.29) is 12.1 Å². The summed E-state index contributed by atoms with van der Waals surface area (Å²) in [5, 5.41) is 3.08. The number of hydrogen-bond donors (Lipinski definition) is 1. The molecule has 0 fully saturated rings. The molecule has 0 aliphatic rings. The molecule has 0 aromatic carbocycles. The molecule has 0 bridgehead atoms. The van der Waals surface area contributed by atoms with Gasteiger partial charge in [0.2, 0.25) is 5.95 Å². The second-order valence-electron chi connectivity index (χ2n) is 3.69. The fraction of sp³-hybridized carbons (Fsp3) is 0.727. The number of ether oxygens (including phenoxy) is 2. The lowest BCUT2D eigenvalue weighted by Gasteiger charge is -2.12.